The summed E-state index contributed by atoms with van der Waals surface area (Å²) in [6, 6.07) is 11.7. The molecule has 3 N–H and O–H groups in total. The topological polar surface area (TPSA) is 72.8 Å². The van der Waals surface area contributed by atoms with Gasteiger partial charge in [-0.05, 0) is 60.0 Å². The van der Waals surface area contributed by atoms with Crippen LogP contribution in [-0.2, 0) is 11.1 Å². The number of rotatable bonds is 5. The van der Waals surface area contributed by atoms with E-state index >= 15 is 0 Å². The van der Waals surface area contributed by atoms with E-state index in [9.17, 15) is 4.57 Å². The Morgan fingerprint density at radius 1 is 1.31 bits per heavy atom. The molecule has 1 aliphatic rings. The minimum absolute atomic E-state index is 0.127. The molecule has 0 fully saturated rings. The maximum Gasteiger partial charge on any atom is 0.340 e. The van der Waals surface area contributed by atoms with Crippen molar-refractivity contribution in [3.63, 3.8) is 0 Å². The molecule has 5 nitrogen and oxygen atoms in total. The van der Waals surface area contributed by atoms with Gasteiger partial charge in [-0.1, -0.05) is 35.3 Å². The van der Waals surface area contributed by atoms with Crippen LogP contribution in [0.3, 0.4) is 0 Å². The Morgan fingerprint density at radius 2 is 2.08 bits per heavy atom. The predicted molar refractivity (Wildman–Crippen MR) is 107 cm³/mol. The molecule has 1 unspecified atom stereocenters. The van der Waals surface area contributed by atoms with Crippen molar-refractivity contribution in [3.8, 4) is 0 Å². The summed E-state index contributed by atoms with van der Waals surface area (Å²) in [5, 5.41) is 1.30. The highest BCUT2D eigenvalue weighted by molar-refractivity contribution is 7.97. The molecule has 0 saturated carbocycles. The van der Waals surface area contributed by atoms with Gasteiger partial charge in [0.1, 0.15) is 6.29 Å². The summed E-state index contributed by atoms with van der Waals surface area (Å²) < 4.78 is 13.7. The number of nitrogens with one attached hydrogen (secondary N) is 1. The van der Waals surface area contributed by atoms with Crippen molar-refractivity contribution in [2.24, 2.45) is 0 Å². The van der Waals surface area contributed by atoms with Crippen LogP contribution in [0.5, 0.6) is 0 Å². The summed E-state index contributed by atoms with van der Waals surface area (Å²) in [5.74, 6) is 0.127. The highest BCUT2D eigenvalue weighted by Crippen LogP contribution is 2.39. The first-order chi connectivity index (χ1) is 12.2. The number of likely N-dealkylation sites (N-methyl/N-ethyl adjacent to an activating group) is 1. The highest BCUT2D eigenvalue weighted by atomic mass is 35.5. The molecular weight excluding hydrogens is 414 g/mol. The fraction of sp³-hybridized carbons (Fsp3) is 0.294. The molecule has 0 spiro atoms. The van der Waals surface area contributed by atoms with Crippen LogP contribution in [0, 0.1) is 0 Å². The average molecular weight is 433 g/mol. The van der Waals surface area contributed by atoms with Crippen molar-refractivity contribution in [2.45, 2.75) is 17.4 Å². The lowest BCUT2D eigenvalue weighted by molar-refractivity contribution is 0.295. The number of nitrogens with zero attached hydrogens (tertiary/aromatic N) is 1. The van der Waals surface area contributed by atoms with E-state index in [-0.39, 0.29) is 12.2 Å². The molecule has 0 aromatic heterocycles. The lowest BCUT2D eigenvalue weighted by Gasteiger charge is -2.33. The molecule has 3 rings (SSSR count). The number of benzene rings is 2. The summed E-state index contributed by atoms with van der Waals surface area (Å²) in [4.78, 5) is 21.0. The van der Waals surface area contributed by atoms with Gasteiger partial charge in [-0.15, -0.1) is 0 Å². The zero-order valence-electron chi connectivity index (χ0n) is 14.0. The van der Waals surface area contributed by atoms with Crippen molar-refractivity contribution in [2.75, 3.05) is 19.9 Å². The van der Waals surface area contributed by atoms with Crippen LogP contribution in [-0.4, -0.2) is 34.6 Å². The first kappa shape index (κ1) is 20.2. The summed E-state index contributed by atoms with van der Waals surface area (Å²) in [5.41, 5.74) is 3.33. The van der Waals surface area contributed by atoms with Gasteiger partial charge in [0, 0.05) is 33.9 Å². The van der Waals surface area contributed by atoms with Gasteiger partial charge in [-0.2, -0.15) is 0 Å². The molecule has 9 heteroatoms. The zero-order chi connectivity index (χ0) is 18.9. The Bertz CT molecular complexity index is 862. The van der Waals surface area contributed by atoms with Gasteiger partial charge in [-0.3, -0.25) is 4.57 Å². The molecular formula is C17H19Cl2N2O3PS. The van der Waals surface area contributed by atoms with Gasteiger partial charge < -0.3 is 14.7 Å². The molecule has 2 aromatic carbocycles. The van der Waals surface area contributed by atoms with Gasteiger partial charge in [0.25, 0.3) is 0 Å². The van der Waals surface area contributed by atoms with Crippen LogP contribution in [0.25, 0.3) is 0 Å². The second-order valence-electron chi connectivity index (χ2n) is 6.35. The van der Waals surface area contributed by atoms with E-state index < -0.39 is 7.60 Å². The maximum atomic E-state index is 11.0. The second-order valence-corrected chi connectivity index (χ2v) is 9.80. The second kappa shape index (κ2) is 8.21. The molecule has 26 heavy (non-hydrogen) atoms. The molecule has 140 valence electrons. The van der Waals surface area contributed by atoms with Crippen molar-refractivity contribution < 1.29 is 14.4 Å². The third-order valence-electron chi connectivity index (χ3n) is 4.21. The summed E-state index contributed by atoms with van der Waals surface area (Å²) in [6.45, 7) is 1.62. The smallest absolute Gasteiger partial charge is 0.324 e. The van der Waals surface area contributed by atoms with Crippen molar-refractivity contribution in [1.82, 2.24) is 9.62 Å². The minimum atomic E-state index is -4.07. The Kier molecular flexibility index (Phi) is 6.37. The molecule has 0 bridgehead atoms. The van der Waals surface area contributed by atoms with Crippen LogP contribution < -0.4 is 4.72 Å². The van der Waals surface area contributed by atoms with E-state index in [0.717, 1.165) is 34.7 Å². The number of halogens is 2. The molecule has 0 aliphatic carbocycles. The Balaban J connectivity index is 1.88. The normalized spacial score (nSPS) is 18.0. The van der Waals surface area contributed by atoms with E-state index in [4.69, 9.17) is 33.0 Å². The Labute approximate surface area is 167 Å². The van der Waals surface area contributed by atoms with E-state index in [0.29, 0.717) is 10.0 Å². The van der Waals surface area contributed by atoms with E-state index in [1.807, 2.05) is 24.3 Å². The van der Waals surface area contributed by atoms with Crippen molar-refractivity contribution in [1.29, 1.82) is 0 Å². The number of hydrogen-bond donors (Lipinski definition) is 3. The van der Waals surface area contributed by atoms with E-state index in [2.05, 4.69) is 22.7 Å². The molecule has 1 aliphatic heterocycles. The van der Waals surface area contributed by atoms with Gasteiger partial charge in [0.15, 0.2) is 0 Å². The van der Waals surface area contributed by atoms with Crippen molar-refractivity contribution in [3.05, 3.63) is 63.1 Å². The standard InChI is InChI=1S/C17H19Cl2N2O3PS/c1-21-8-15(14-6-12(18)7-17(19)16(14)9-21)11-3-2-4-13(5-11)26-20-10-25(22,23)24/h2-7,15,20H,8-10H2,1H3,(H2,22,23,24). The van der Waals surface area contributed by atoms with Gasteiger partial charge >= 0.3 is 7.60 Å². The minimum Gasteiger partial charge on any atom is -0.324 e. The first-order valence-corrected chi connectivity index (χ1v) is 11.3. The number of fused-ring (bicyclic) bond motifs is 1. The fourth-order valence-electron chi connectivity index (χ4n) is 3.13. The quantitative estimate of drug-likeness (QED) is 0.483. The van der Waals surface area contributed by atoms with Gasteiger partial charge in [0.2, 0.25) is 0 Å². The largest absolute Gasteiger partial charge is 0.340 e. The van der Waals surface area contributed by atoms with E-state index in [1.165, 1.54) is 11.9 Å². The molecule has 2 aromatic rings. The van der Waals surface area contributed by atoms with Crippen LogP contribution in [0.4, 0.5) is 0 Å². The Morgan fingerprint density at radius 3 is 2.81 bits per heavy atom. The fourth-order valence-corrected chi connectivity index (χ4v) is 5.13. The lowest BCUT2D eigenvalue weighted by Crippen LogP contribution is -2.31. The predicted octanol–water partition coefficient (Wildman–Crippen LogP) is 4.30. The summed E-state index contributed by atoms with van der Waals surface area (Å²) in [7, 11) is -2.02. The SMILES string of the molecule is CN1Cc2c(Cl)cc(Cl)cc2C(c2cccc(SNCP(=O)(O)O)c2)C1. The van der Waals surface area contributed by atoms with E-state index in [1.54, 1.807) is 6.07 Å². The Hall–Kier alpha value is -0.560. The van der Waals surface area contributed by atoms with Crippen LogP contribution in [0.15, 0.2) is 41.3 Å². The van der Waals surface area contributed by atoms with Crippen LogP contribution in [0.2, 0.25) is 10.0 Å². The molecule has 0 amide bonds. The highest BCUT2D eigenvalue weighted by Gasteiger charge is 2.27. The molecule has 0 radical (unpaired) electrons. The third kappa shape index (κ3) is 5.03. The zero-order valence-corrected chi connectivity index (χ0v) is 17.2. The van der Waals surface area contributed by atoms with Crippen molar-refractivity contribution >= 4 is 42.7 Å². The van der Waals surface area contributed by atoms with Gasteiger partial charge in [-0.25, -0.2) is 4.72 Å². The molecule has 1 heterocycles. The van der Waals surface area contributed by atoms with Crippen LogP contribution >= 0.6 is 42.7 Å². The lowest BCUT2D eigenvalue weighted by atomic mass is 9.85. The molecule has 1 atom stereocenters. The molecule has 0 saturated heterocycles. The monoisotopic (exact) mass is 432 g/mol. The van der Waals surface area contributed by atoms with Gasteiger partial charge in [0.05, 0.1) is 0 Å². The maximum absolute atomic E-state index is 11.0. The summed E-state index contributed by atoms with van der Waals surface area (Å²) in [6.07, 6.45) is -0.373. The first-order valence-electron chi connectivity index (χ1n) is 7.93. The number of hydrogen-bond acceptors (Lipinski definition) is 4. The third-order valence-corrected chi connectivity index (χ3v) is 6.33. The summed E-state index contributed by atoms with van der Waals surface area (Å²) >= 11 is 13.8. The van der Waals surface area contributed by atoms with Crippen LogP contribution in [0.1, 0.15) is 22.6 Å². The average Bonchev–Trinajstić information content (AvgIpc) is 2.54.